The smallest absolute Gasteiger partial charge is 0.343 e. The molecule has 2 rings (SSSR count). The van der Waals surface area contributed by atoms with Gasteiger partial charge in [-0.2, -0.15) is 0 Å². The van der Waals surface area contributed by atoms with E-state index in [0.717, 1.165) is 0 Å². The number of hydrogen-bond donors (Lipinski definition) is 0. The Hall–Kier alpha value is -1.95. The van der Waals surface area contributed by atoms with Gasteiger partial charge in [0.2, 0.25) is 4.69 Å². The molecular formula is C13H10BrNO4. The number of hydrogen-bond acceptors (Lipinski definition) is 4. The van der Waals surface area contributed by atoms with E-state index in [1.165, 1.54) is 16.7 Å². The van der Waals surface area contributed by atoms with E-state index >= 15 is 0 Å². The molecule has 0 saturated heterocycles. The lowest BCUT2D eigenvalue weighted by Crippen LogP contribution is -2.23. The highest BCUT2D eigenvalue weighted by molar-refractivity contribution is 9.18. The number of ether oxygens (including phenoxy) is 1. The minimum atomic E-state index is -0.669. The van der Waals surface area contributed by atoms with Crippen LogP contribution in [0.25, 0.3) is 5.52 Å². The number of nitrogens with zero attached hydrogens (tertiary/aromatic N) is 1. The average Bonchev–Trinajstić information content (AvgIpc) is 2.39. The second-order valence-electron chi connectivity index (χ2n) is 3.76. The molecule has 2 aromatic heterocycles. The number of pyridine rings is 2. The average molecular weight is 324 g/mol. The fourth-order valence-corrected chi connectivity index (χ4v) is 1.91. The molecule has 6 heteroatoms. The highest BCUT2D eigenvalue weighted by Gasteiger charge is 2.13. The molecule has 98 valence electrons. The Bertz CT molecular complexity index is 720. The fourth-order valence-electron chi connectivity index (χ4n) is 1.67. The Balaban J connectivity index is 2.65. The van der Waals surface area contributed by atoms with Crippen LogP contribution in [0.2, 0.25) is 0 Å². The molecule has 0 N–H and O–H groups in total. The van der Waals surface area contributed by atoms with Crippen molar-refractivity contribution in [2.75, 3.05) is 6.61 Å². The summed E-state index contributed by atoms with van der Waals surface area (Å²) in [5.41, 5.74) is 0.358. The van der Waals surface area contributed by atoms with Gasteiger partial charge in [0.15, 0.2) is 0 Å². The topological polar surface area (TPSA) is 64.8 Å². The molecule has 0 aliphatic heterocycles. The minimum Gasteiger partial charge on any atom is -0.462 e. The normalized spacial score (nSPS) is 10.4. The maximum atomic E-state index is 12.2. The van der Waals surface area contributed by atoms with Crippen molar-refractivity contribution < 1.29 is 14.3 Å². The molecule has 0 radical (unpaired) electrons. The standard InChI is InChI=1S/C13H10BrNO4/c1-2-19-13(18)10-6-5-9-4-3-8(11(14)16)7-15(9)12(10)17/h3-7H,2H2,1H3. The van der Waals surface area contributed by atoms with Crippen molar-refractivity contribution in [1.29, 1.82) is 0 Å². The first-order chi connectivity index (χ1) is 9.04. The number of aromatic nitrogens is 1. The molecule has 0 unspecified atom stereocenters. The summed E-state index contributed by atoms with van der Waals surface area (Å²) < 4.78 is 5.73. The monoisotopic (exact) mass is 323 g/mol. The van der Waals surface area contributed by atoms with Gasteiger partial charge in [-0.15, -0.1) is 0 Å². The van der Waals surface area contributed by atoms with Crippen LogP contribution in [0.3, 0.4) is 0 Å². The molecule has 0 aromatic carbocycles. The molecular weight excluding hydrogens is 314 g/mol. The summed E-state index contributed by atoms with van der Waals surface area (Å²) in [6, 6.07) is 6.27. The number of carbonyl (C=O) groups excluding carboxylic acids is 2. The van der Waals surface area contributed by atoms with Gasteiger partial charge in [0, 0.05) is 17.3 Å². The van der Waals surface area contributed by atoms with Gasteiger partial charge in [-0.1, -0.05) is 0 Å². The second-order valence-corrected chi connectivity index (χ2v) is 4.48. The van der Waals surface area contributed by atoms with Gasteiger partial charge < -0.3 is 4.74 Å². The third-order valence-corrected chi connectivity index (χ3v) is 3.03. The number of rotatable bonds is 3. The van der Waals surface area contributed by atoms with Gasteiger partial charge in [-0.25, -0.2) is 4.79 Å². The first-order valence-corrected chi connectivity index (χ1v) is 6.36. The van der Waals surface area contributed by atoms with Crippen LogP contribution in [0.1, 0.15) is 27.6 Å². The van der Waals surface area contributed by atoms with Crippen LogP contribution in [-0.2, 0) is 4.74 Å². The SMILES string of the molecule is CCOC(=O)c1ccc2ccc(C(=O)Br)cn2c1=O. The zero-order chi connectivity index (χ0) is 14.0. The molecule has 0 aliphatic carbocycles. The van der Waals surface area contributed by atoms with Crippen LogP contribution < -0.4 is 5.56 Å². The van der Waals surface area contributed by atoms with Crippen molar-refractivity contribution in [2.24, 2.45) is 0 Å². The van der Waals surface area contributed by atoms with Crippen molar-refractivity contribution in [3.63, 3.8) is 0 Å². The van der Waals surface area contributed by atoms with Crippen molar-refractivity contribution in [3.05, 3.63) is 51.9 Å². The third kappa shape index (κ3) is 2.58. The van der Waals surface area contributed by atoms with Crippen LogP contribution in [0.5, 0.6) is 0 Å². The molecule has 0 aliphatic rings. The Morgan fingerprint density at radius 3 is 2.58 bits per heavy atom. The van der Waals surface area contributed by atoms with Crippen LogP contribution in [0, 0.1) is 0 Å². The Morgan fingerprint density at radius 1 is 1.26 bits per heavy atom. The summed E-state index contributed by atoms with van der Waals surface area (Å²) in [7, 11) is 0. The number of fused-ring (bicyclic) bond motifs is 1. The van der Waals surface area contributed by atoms with E-state index in [9.17, 15) is 14.4 Å². The van der Waals surface area contributed by atoms with E-state index in [0.29, 0.717) is 11.1 Å². The quantitative estimate of drug-likeness (QED) is 0.640. The Morgan fingerprint density at radius 2 is 1.95 bits per heavy atom. The van der Waals surface area contributed by atoms with Gasteiger partial charge >= 0.3 is 5.97 Å². The summed E-state index contributed by atoms with van der Waals surface area (Å²) in [6.07, 6.45) is 1.39. The van der Waals surface area contributed by atoms with Gasteiger partial charge in [-0.3, -0.25) is 14.0 Å². The van der Waals surface area contributed by atoms with Crippen LogP contribution in [0.4, 0.5) is 0 Å². The predicted octanol–water partition coefficient (Wildman–Crippen LogP) is 2.01. The summed E-state index contributed by atoms with van der Waals surface area (Å²) in [6.45, 7) is 1.86. The van der Waals surface area contributed by atoms with Gasteiger partial charge in [0.05, 0.1) is 6.61 Å². The lowest BCUT2D eigenvalue weighted by molar-refractivity contribution is 0.0524. The molecule has 2 aromatic rings. The number of esters is 1. The fraction of sp³-hybridized carbons (Fsp3) is 0.154. The van der Waals surface area contributed by atoms with E-state index in [-0.39, 0.29) is 16.9 Å². The first-order valence-electron chi connectivity index (χ1n) is 5.57. The zero-order valence-electron chi connectivity index (χ0n) is 10.1. The van der Waals surface area contributed by atoms with Gasteiger partial charge in [0.25, 0.3) is 5.56 Å². The van der Waals surface area contributed by atoms with Crippen molar-refractivity contribution in [1.82, 2.24) is 4.40 Å². The van der Waals surface area contributed by atoms with Crippen LogP contribution in [0.15, 0.2) is 35.3 Å². The predicted molar refractivity (Wildman–Crippen MR) is 72.9 cm³/mol. The van der Waals surface area contributed by atoms with E-state index in [4.69, 9.17) is 4.74 Å². The summed E-state index contributed by atoms with van der Waals surface area (Å²) in [5.74, 6) is -0.669. The molecule has 0 spiro atoms. The number of carbonyl (C=O) groups is 2. The molecule has 19 heavy (non-hydrogen) atoms. The summed E-state index contributed by atoms with van der Waals surface area (Å²) in [4.78, 5) is 35.0. The van der Waals surface area contributed by atoms with Gasteiger partial charge in [-0.05, 0) is 47.1 Å². The Labute approximate surface area is 116 Å². The largest absolute Gasteiger partial charge is 0.462 e. The van der Waals surface area contributed by atoms with E-state index in [1.807, 2.05) is 0 Å². The highest BCUT2D eigenvalue weighted by atomic mass is 79.9. The lowest BCUT2D eigenvalue weighted by Gasteiger charge is -2.05. The summed E-state index contributed by atoms with van der Waals surface area (Å²) >= 11 is 2.82. The van der Waals surface area contributed by atoms with E-state index in [1.54, 1.807) is 25.1 Å². The van der Waals surface area contributed by atoms with Crippen LogP contribution in [-0.4, -0.2) is 21.7 Å². The molecule has 0 amide bonds. The maximum absolute atomic E-state index is 12.2. The maximum Gasteiger partial charge on any atom is 0.343 e. The zero-order valence-corrected chi connectivity index (χ0v) is 11.6. The molecule has 0 atom stereocenters. The van der Waals surface area contributed by atoms with Gasteiger partial charge in [0.1, 0.15) is 5.56 Å². The third-order valence-electron chi connectivity index (χ3n) is 2.57. The number of halogens is 1. The second kappa shape index (κ2) is 5.36. The molecule has 0 bridgehead atoms. The van der Waals surface area contributed by atoms with E-state index in [2.05, 4.69) is 15.9 Å². The molecule has 5 nitrogen and oxygen atoms in total. The molecule has 2 heterocycles. The Kier molecular flexibility index (Phi) is 3.80. The highest BCUT2D eigenvalue weighted by Crippen LogP contribution is 2.09. The van der Waals surface area contributed by atoms with Crippen molar-refractivity contribution in [2.45, 2.75) is 6.92 Å². The van der Waals surface area contributed by atoms with Crippen molar-refractivity contribution >= 4 is 32.1 Å². The van der Waals surface area contributed by atoms with Crippen LogP contribution >= 0.6 is 15.9 Å². The first kappa shape index (κ1) is 13.5. The van der Waals surface area contributed by atoms with E-state index < -0.39 is 11.5 Å². The van der Waals surface area contributed by atoms with Crippen molar-refractivity contribution in [3.8, 4) is 0 Å². The molecule has 0 fully saturated rings. The minimum absolute atomic E-state index is 0.0569. The summed E-state index contributed by atoms with van der Waals surface area (Å²) in [5, 5.41) is 0. The lowest BCUT2D eigenvalue weighted by atomic mass is 10.2. The molecule has 0 saturated carbocycles.